The largest absolute Gasteiger partial charge is 0.394 e. The Morgan fingerprint density at radius 1 is 1.53 bits per heavy atom. The Kier molecular flexibility index (Phi) is 4.28. The van der Waals surface area contributed by atoms with Gasteiger partial charge in [0, 0.05) is 13.0 Å². The van der Waals surface area contributed by atoms with E-state index in [4.69, 9.17) is 14.6 Å². The van der Waals surface area contributed by atoms with Crippen LogP contribution in [0.3, 0.4) is 0 Å². The number of aliphatic hydroxyl groups excluding tert-OH is 2. The fourth-order valence-electron chi connectivity index (χ4n) is 2.17. The Hall–Kier alpha value is -0.420. The highest BCUT2D eigenvalue weighted by atomic mass is 16.7. The van der Waals surface area contributed by atoms with Crippen molar-refractivity contribution in [2.75, 3.05) is 13.7 Å². The van der Waals surface area contributed by atoms with Gasteiger partial charge in [0.25, 0.3) is 0 Å². The summed E-state index contributed by atoms with van der Waals surface area (Å²) in [7, 11) is 1.56. The molecule has 1 aliphatic rings. The molecule has 88 valence electrons. The smallest absolute Gasteiger partial charge is 0.164 e. The van der Waals surface area contributed by atoms with Gasteiger partial charge in [0.2, 0.25) is 0 Å². The lowest BCUT2D eigenvalue weighted by Gasteiger charge is -2.43. The molecule has 0 aliphatic carbocycles. The maximum absolute atomic E-state index is 9.89. The second-order valence-electron chi connectivity index (χ2n) is 4.18. The first-order valence-corrected chi connectivity index (χ1v) is 5.15. The van der Waals surface area contributed by atoms with E-state index in [0.717, 1.165) is 5.57 Å². The summed E-state index contributed by atoms with van der Waals surface area (Å²) in [5, 5.41) is 18.9. The predicted octanol–water partition coefficient (Wildman–Crippen LogP) is 0.539. The number of ether oxygens (including phenoxy) is 2. The number of aliphatic hydroxyl groups is 2. The van der Waals surface area contributed by atoms with Crippen LogP contribution in [0.2, 0.25) is 0 Å². The van der Waals surface area contributed by atoms with E-state index in [1.807, 2.05) is 13.8 Å². The molecule has 4 heteroatoms. The molecule has 0 spiro atoms. The van der Waals surface area contributed by atoms with Gasteiger partial charge in [-0.15, -0.1) is 0 Å². The van der Waals surface area contributed by atoms with Gasteiger partial charge in [-0.25, -0.2) is 0 Å². The molecule has 5 atom stereocenters. The average molecular weight is 216 g/mol. The van der Waals surface area contributed by atoms with E-state index in [-0.39, 0.29) is 18.4 Å². The lowest BCUT2D eigenvalue weighted by atomic mass is 9.80. The molecule has 0 amide bonds. The summed E-state index contributed by atoms with van der Waals surface area (Å²) in [5.74, 6) is -0.0638. The first-order chi connectivity index (χ1) is 7.02. The zero-order chi connectivity index (χ0) is 11.6. The van der Waals surface area contributed by atoms with Gasteiger partial charge in [-0.2, -0.15) is 0 Å². The van der Waals surface area contributed by atoms with E-state index in [0.29, 0.717) is 0 Å². The predicted molar refractivity (Wildman–Crippen MR) is 56.2 cm³/mol. The van der Waals surface area contributed by atoms with Gasteiger partial charge in [-0.05, 0) is 12.8 Å². The lowest BCUT2D eigenvalue weighted by Crippen LogP contribution is -2.52. The summed E-state index contributed by atoms with van der Waals surface area (Å²) in [5.41, 5.74) is 0.921. The molecule has 1 heterocycles. The lowest BCUT2D eigenvalue weighted by molar-refractivity contribution is -0.256. The van der Waals surface area contributed by atoms with Crippen molar-refractivity contribution in [2.45, 2.75) is 32.3 Å². The van der Waals surface area contributed by atoms with Crippen LogP contribution in [0.5, 0.6) is 0 Å². The van der Waals surface area contributed by atoms with Crippen LogP contribution in [0, 0.1) is 11.8 Å². The number of methoxy groups -OCH3 is 1. The summed E-state index contributed by atoms with van der Waals surface area (Å²) >= 11 is 0. The number of rotatable bonds is 3. The highest BCUT2D eigenvalue weighted by Crippen LogP contribution is 2.35. The van der Waals surface area contributed by atoms with Crippen molar-refractivity contribution in [1.29, 1.82) is 0 Å². The van der Waals surface area contributed by atoms with Gasteiger partial charge in [0.1, 0.15) is 6.10 Å². The molecule has 0 aromatic rings. The molecule has 0 aromatic heterocycles. The fraction of sp³-hybridized carbons (Fsp3) is 0.818. The van der Waals surface area contributed by atoms with Crippen molar-refractivity contribution < 1.29 is 19.7 Å². The van der Waals surface area contributed by atoms with Crippen LogP contribution in [0.15, 0.2) is 12.2 Å². The molecular weight excluding hydrogens is 196 g/mol. The van der Waals surface area contributed by atoms with Gasteiger partial charge < -0.3 is 19.7 Å². The standard InChI is InChI=1S/C11H20O4/c1-6(2)9-7(3)10(13)8(5-12)15-11(9)14-4/h7-13H,1,5H2,2-4H3. The second-order valence-corrected chi connectivity index (χ2v) is 4.18. The number of hydrogen-bond donors (Lipinski definition) is 2. The molecule has 1 fully saturated rings. The minimum atomic E-state index is -0.678. The SMILES string of the molecule is C=C(C)C1C(OC)OC(CO)C(O)C1C. The van der Waals surface area contributed by atoms with E-state index in [1.165, 1.54) is 0 Å². The Balaban J connectivity index is 2.84. The Bertz CT molecular complexity index is 227. The average Bonchev–Trinajstić information content (AvgIpc) is 2.20. The van der Waals surface area contributed by atoms with Crippen molar-refractivity contribution in [3.05, 3.63) is 12.2 Å². The highest BCUT2D eigenvalue weighted by Gasteiger charge is 2.42. The molecule has 0 saturated carbocycles. The summed E-state index contributed by atoms with van der Waals surface area (Å²) in [4.78, 5) is 0. The third kappa shape index (κ3) is 2.39. The van der Waals surface area contributed by atoms with Gasteiger partial charge in [0.15, 0.2) is 6.29 Å². The van der Waals surface area contributed by atoms with Crippen LogP contribution in [-0.4, -0.2) is 42.4 Å². The van der Waals surface area contributed by atoms with E-state index < -0.39 is 18.5 Å². The molecule has 0 radical (unpaired) electrons. The van der Waals surface area contributed by atoms with Crippen molar-refractivity contribution >= 4 is 0 Å². The quantitative estimate of drug-likeness (QED) is 0.676. The zero-order valence-electron chi connectivity index (χ0n) is 9.51. The molecule has 0 aromatic carbocycles. The molecule has 5 unspecified atom stereocenters. The van der Waals surface area contributed by atoms with Crippen molar-refractivity contribution in [3.8, 4) is 0 Å². The van der Waals surface area contributed by atoms with Crippen LogP contribution in [-0.2, 0) is 9.47 Å². The summed E-state index contributed by atoms with van der Waals surface area (Å²) in [6.07, 6.45) is -1.68. The van der Waals surface area contributed by atoms with Crippen LogP contribution >= 0.6 is 0 Å². The monoisotopic (exact) mass is 216 g/mol. The second kappa shape index (κ2) is 5.07. The van der Waals surface area contributed by atoms with Gasteiger partial charge in [0.05, 0.1) is 12.7 Å². The van der Waals surface area contributed by atoms with Gasteiger partial charge in [-0.3, -0.25) is 0 Å². The van der Waals surface area contributed by atoms with Crippen LogP contribution in [0.4, 0.5) is 0 Å². The van der Waals surface area contributed by atoms with Crippen molar-refractivity contribution in [2.24, 2.45) is 11.8 Å². The molecule has 15 heavy (non-hydrogen) atoms. The van der Waals surface area contributed by atoms with Gasteiger partial charge >= 0.3 is 0 Å². The molecule has 2 N–H and O–H groups in total. The maximum Gasteiger partial charge on any atom is 0.164 e. The Morgan fingerprint density at radius 3 is 2.53 bits per heavy atom. The minimum absolute atomic E-state index is 0.0293. The summed E-state index contributed by atoms with van der Waals surface area (Å²) in [6.45, 7) is 7.49. The minimum Gasteiger partial charge on any atom is -0.394 e. The van der Waals surface area contributed by atoms with Crippen molar-refractivity contribution in [1.82, 2.24) is 0 Å². The van der Waals surface area contributed by atoms with E-state index in [1.54, 1.807) is 7.11 Å². The van der Waals surface area contributed by atoms with Crippen LogP contribution in [0.25, 0.3) is 0 Å². The topological polar surface area (TPSA) is 58.9 Å². The fourth-order valence-corrected chi connectivity index (χ4v) is 2.17. The van der Waals surface area contributed by atoms with E-state index in [2.05, 4.69) is 6.58 Å². The normalized spacial score (nSPS) is 41.5. The first-order valence-electron chi connectivity index (χ1n) is 5.15. The van der Waals surface area contributed by atoms with Crippen LogP contribution < -0.4 is 0 Å². The molecule has 1 aliphatic heterocycles. The van der Waals surface area contributed by atoms with E-state index in [9.17, 15) is 5.11 Å². The first kappa shape index (κ1) is 12.6. The molecule has 1 rings (SSSR count). The maximum atomic E-state index is 9.89. The molecule has 4 nitrogen and oxygen atoms in total. The molecule has 1 saturated heterocycles. The highest BCUT2D eigenvalue weighted by molar-refractivity contribution is 5.04. The van der Waals surface area contributed by atoms with Gasteiger partial charge in [-0.1, -0.05) is 19.1 Å². The number of hydrogen-bond acceptors (Lipinski definition) is 4. The third-order valence-electron chi connectivity index (χ3n) is 3.07. The third-order valence-corrected chi connectivity index (χ3v) is 3.07. The molecule has 0 bridgehead atoms. The summed E-state index contributed by atoms with van der Waals surface area (Å²) < 4.78 is 10.7. The Morgan fingerprint density at radius 2 is 2.13 bits per heavy atom. The van der Waals surface area contributed by atoms with E-state index >= 15 is 0 Å². The van der Waals surface area contributed by atoms with Crippen molar-refractivity contribution in [3.63, 3.8) is 0 Å². The Labute approximate surface area is 90.5 Å². The van der Waals surface area contributed by atoms with Crippen LogP contribution in [0.1, 0.15) is 13.8 Å². The molecular formula is C11H20O4. The summed E-state index contributed by atoms with van der Waals surface area (Å²) in [6, 6.07) is 0. The zero-order valence-corrected chi connectivity index (χ0v) is 9.51.